The minimum Gasteiger partial charge on any atom is -0.463 e. The average molecular weight is 509 g/mol. The third-order valence-electron chi connectivity index (χ3n) is 3.24. The highest BCUT2D eigenvalue weighted by Crippen LogP contribution is 2.33. The minimum absolute atomic E-state index is 0.0190. The first-order valence-electron chi connectivity index (χ1n) is 7.98. The predicted octanol–water partition coefficient (Wildman–Crippen LogP) is 3.19. The van der Waals surface area contributed by atoms with Crippen molar-refractivity contribution in [3.63, 3.8) is 0 Å². The topological polar surface area (TPSA) is 118 Å². The van der Waals surface area contributed by atoms with Crippen molar-refractivity contribution >= 4 is 63.1 Å². The number of oxime groups is 1. The standard InChI is InChI=1S/C16H17Cl3FNO8S/c1-8(22)27-7-14(16(28-9(2)23)13(20)6-21-26-3)29-30(24,25)15-5-11(18)10(17)4-12(15)19/h4-6,13-14,16H,7H2,1-3H3/t13-,14-,16+/m1/s1. The molecule has 0 aliphatic heterocycles. The van der Waals surface area contributed by atoms with Crippen molar-refractivity contribution in [2.45, 2.75) is 37.1 Å². The lowest BCUT2D eigenvalue weighted by molar-refractivity contribution is -0.159. The molecule has 0 saturated heterocycles. The van der Waals surface area contributed by atoms with Crippen molar-refractivity contribution < 1.29 is 40.9 Å². The molecule has 30 heavy (non-hydrogen) atoms. The number of alkyl halides is 1. The Kier molecular flexibility index (Phi) is 10.2. The van der Waals surface area contributed by atoms with Gasteiger partial charge in [0.25, 0.3) is 10.1 Å². The molecular formula is C16H17Cl3FNO8S. The van der Waals surface area contributed by atoms with E-state index in [-0.39, 0.29) is 15.1 Å². The van der Waals surface area contributed by atoms with Crippen LogP contribution in [0.2, 0.25) is 15.1 Å². The first-order chi connectivity index (χ1) is 13.9. The van der Waals surface area contributed by atoms with Gasteiger partial charge in [0.2, 0.25) is 0 Å². The zero-order valence-corrected chi connectivity index (χ0v) is 18.9. The summed E-state index contributed by atoms with van der Waals surface area (Å²) in [7, 11) is -3.58. The van der Waals surface area contributed by atoms with Gasteiger partial charge in [-0.3, -0.25) is 13.8 Å². The Morgan fingerprint density at radius 3 is 2.27 bits per heavy atom. The lowest BCUT2D eigenvalue weighted by Gasteiger charge is -2.27. The van der Waals surface area contributed by atoms with Crippen LogP contribution in [-0.2, 0) is 38.2 Å². The molecule has 0 bridgehead atoms. The molecule has 1 rings (SSSR count). The van der Waals surface area contributed by atoms with Crippen LogP contribution in [0.15, 0.2) is 22.2 Å². The molecule has 1 aromatic rings. The minimum atomic E-state index is -4.71. The van der Waals surface area contributed by atoms with Crippen molar-refractivity contribution in [2.75, 3.05) is 13.7 Å². The molecule has 0 N–H and O–H groups in total. The van der Waals surface area contributed by atoms with Gasteiger partial charge >= 0.3 is 11.9 Å². The van der Waals surface area contributed by atoms with Gasteiger partial charge in [-0.05, 0) is 12.1 Å². The quantitative estimate of drug-likeness (QED) is 0.155. The Bertz CT molecular complexity index is 912. The van der Waals surface area contributed by atoms with Crippen LogP contribution in [-0.4, -0.2) is 58.7 Å². The summed E-state index contributed by atoms with van der Waals surface area (Å²) in [4.78, 5) is 26.4. The van der Waals surface area contributed by atoms with Gasteiger partial charge < -0.3 is 14.3 Å². The zero-order valence-electron chi connectivity index (χ0n) is 15.8. The molecule has 0 amide bonds. The van der Waals surface area contributed by atoms with Gasteiger partial charge in [0, 0.05) is 13.8 Å². The van der Waals surface area contributed by atoms with E-state index in [1.807, 2.05) is 0 Å². The molecule has 168 valence electrons. The fourth-order valence-corrected chi connectivity index (χ4v) is 4.08. The summed E-state index contributed by atoms with van der Waals surface area (Å²) in [5, 5.41) is 2.71. The Hall–Kier alpha value is -1.66. The zero-order chi connectivity index (χ0) is 23.1. The number of nitrogens with zero attached hydrogens (tertiary/aromatic N) is 1. The molecule has 9 nitrogen and oxygen atoms in total. The predicted molar refractivity (Wildman–Crippen MR) is 106 cm³/mol. The summed E-state index contributed by atoms with van der Waals surface area (Å²) >= 11 is 17.5. The number of rotatable bonds is 10. The summed E-state index contributed by atoms with van der Waals surface area (Å²) < 4.78 is 54.6. The first kappa shape index (κ1) is 26.4. The average Bonchev–Trinajstić information content (AvgIpc) is 2.63. The number of esters is 2. The Balaban J connectivity index is 3.37. The highest BCUT2D eigenvalue weighted by molar-refractivity contribution is 7.87. The van der Waals surface area contributed by atoms with E-state index in [1.54, 1.807) is 0 Å². The molecule has 0 saturated carbocycles. The van der Waals surface area contributed by atoms with Crippen molar-refractivity contribution in [1.29, 1.82) is 0 Å². The van der Waals surface area contributed by atoms with Crippen LogP contribution >= 0.6 is 34.8 Å². The van der Waals surface area contributed by atoms with Gasteiger partial charge in [-0.1, -0.05) is 40.0 Å². The van der Waals surface area contributed by atoms with Gasteiger partial charge in [0.15, 0.2) is 18.4 Å². The molecule has 1 aromatic carbocycles. The van der Waals surface area contributed by atoms with Crippen molar-refractivity contribution in [2.24, 2.45) is 5.16 Å². The van der Waals surface area contributed by atoms with E-state index in [0.717, 1.165) is 33.1 Å². The number of hydrogen-bond donors (Lipinski definition) is 0. The van der Waals surface area contributed by atoms with Crippen LogP contribution in [0.25, 0.3) is 0 Å². The molecule has 0 fully saturated rings. The summed E-state index contributed by atoms with van der Waals surface area (Å²) in [5.41, 5.74) is 0. The van der Waals surface area contributed by atoms with E-state index in [9.17, 15) is 22.4 Å². The van der Waals surface area contributed by atoms with E-state index in [0.29, 0.717) is 6.21 Å². The van der Waals surface area contributed by atoms with E-state index >= 15 is 0 Å². The number of benzene rings is 1. The van der Waals surface area contributed by atoms with Crippen LogP contribution < -0.4 is 0 Å². The Morgan fingerprint density at radius 2 is 1.73 bits per heavy atom. The summed E-state index contributed by atoms with van der Waals surface area (Å²) in [6.07, 6.45) is -5.27. The summed E-state index contributed by atoms with van der Waals surface area (Å²) in [6.45, 7) is 1.20. The van der Waals surface area contributed by atoms with E-state index in [2.05, 4.69) is 9.99 Å². The molecule has 0 radical (unpaired) electrons. The third kappa shape index (κ3) is 7.88. The molecule has 0 spiro atoms. The maximum absolute atomic E-state index is 14.6. The van der Waals surface area contributed by atoms with Crippen molar-refractivity contribution in [1.82, 2.24) is 0 Å². The number of halogens is 4. The van der Waals surface area contributed by atoms with Crippen molar-refractivity contribution in [3.05, 3.63) is 27.2 Å². The first-order valence-corrected chi connectivity index (χ1v) is 10.5. The highest BCUT2D eigenvalue weighted by Gasteiger charge is 2.38. The molecule has 0 heterocycles. The highest BCUT2D eigenvalue weighted by atomic mass is 35.5. The van der Waals surface area contributed by atoms with E-state index in [4.69, 9.17) is 48.5 Å². The van der Waals surface area contributed by atoms with Crippen molar-refractivity contribution in [3.8, 4) is 0 Å². The molecule has 0 aliphatic rings. The number of carbonyl (C=O) groups excluding carboxylic acids is 2. The molecule has 14 heteroatoms. The lowest BCUT2D eigenvalue weighted by Crippen LogP contribution is -2.45. The second-order valence-corrected chi connectivity index (χ2v) is 8.31. The van der Waals surface area contributed by atoms with Crippen LogP contribution in [0, 0.1) is 0 Å². The van der Waals surface area contributed by atoms with E-state index in [1.165, 1.54) is 0 Å². The fourth-order valence-electron chi connectivity index (χ4n) is 2.03. The lowest BCUT2D eigenvalue weighted by atomic mass is 10.1. The third-order valence-corrected chi connectivity index (χ3v) is 5.76. The fraction of sp³-hybridized carbons (Fsp3) is 0.438. The number of ether oxygens (including phenoxy) is 2. The molecule has 0 unspecified atom stereocenters. The van der Waals surface area contributed by atoms with Gasteiger partial charge in [-0.15, -0.1) is 0 Å². The van der Waals surface area contributed by atoms with Gasteiger partial charge in [-0.2, -0.15) is 8.42 Å². The molecular weight excluding hydrogens is 492 g/mol. The maximum Gasteiger partial charge on any atom is 0.303 e. The van der Waals surface area contributed by atoms with E-state index < -0.39 is 51.9 Å². The second kappa shape index (κ2) is 11.7. The smallest absolute Gasteiger partial charge is 0.303 e. The SMILES string of the molecule is CON=C[C@@H](F)[C@H](OC(C)=O)[C@@H](COC(C)=O)OS(=O)(=O)c1cc(Cl)c(Cl)cc1Cl. The van der Waals surface area contributed by atoms with Gasteiger partial charge in [-0.25, -0.2) is 4.39 Å². The summed E-state index contributed by atoms with van der Waals surface area (Å²) in [6, 6.07) is 1.99. The Labute approximate surface area is 187 Å². The monoisotopic (exact) mass is 507 g/mol. The number of hydrogen-bond acceptors (Lipinski definition) is 9. The summed E-state index contributed by atoms with van der Waals surface area (Å²) in [5.74, 6) is -1.79. The van der Waals surface area contributed by atoms with Crippen LogP contribution in [0.1, 0.15) is 13.8 Å². The normalized spacial score (nSPS) is 14.8. The van der Waals surface area contributed by atoms with Crippen LogP contribution in [0.4, 0.5) is 4.39 Å². The molecule has 3 atom stereocenters. The maximum atomic E-state index is 14.6. The van der Waals surface area contributed by atoms with Crippen LogP contribution in [0.3, 0.4) is 0 Å². The molecule has 0 aliphatic carbocycles. The van der Waals surface area contributed by atoms with Gasteiger partial charge in [0.1, 0.15) is 18.6 Å². The second-order valence-electron chi connectivity index (χ2n) is 5.54. The number of carbonyl (C=O) groups is 2. The van der Waals surface area contributed by atoms with Gasteiger partial charge in [0.05, 0.1) is 21.3 Å². The Morgan fingerprint density at radius 1 is 1.13 bits per heavy atom. The molecule has 0 aromatic heterocycles. The largest absolute Gasteiger partial charge is 0.463 e. The van der Waals surface area contributed by atoms with Crippen LogP contribution in [0.5, 0.6) is 0 Å².